The van der Waals surface area contributed by atoms with Crippen molar-refractivity contribution in [2.24, 2.45) is 0 Å². The van der Waals surface area contributed by atoms with Gasteiger partial charge in [-0.2, -0.15) is 0 Å². The van der Waals surface area contributed by atoms with E-state index in [2.05, 4.69) is 32.0 Å². The van der Waals surface area contributed by atoms with E-state index in [9.17, 15) is 4.79 Å². The van der Waals surface area contributed by atoms with Gasteiger partial charge >= 0.3 is 6.03 Å². The third kappa shape index (κ3) is 5.31. The summed E-state index contributed by atoms with van der Waals surface area (Å²) in [7, 11) is 0. The molecule has 7 heteroatoms. The molecule has 0 aliphatic heterocycles. The van der Waals surface area contributed by atoms with Gasteiger partial charge in [-0.25, -0.2) is 14.8 Å². The molecule has 2 amide bonds. The Labute approximate surface area is 158 Å². The number of nitrogens with one attached hydrogen (secondary N) is 3. The van der Waals surface area contributed by atoms with E-state index < -0.39 is 0 Å². The molecule has 1 aromatic carbocycles. The third-order valence-corrected chi connectivity index (χ3v) is 3.89. The van der Waals surface area contributed by atoms with Crippen molar-refractivity contribution in [3.05, 3.63) is 65.7 Å². The van der Waals surface area contributed by atoms with Crippen molar-refractivity contribution in [2.75, 3.05) is 23.7 Å². The normalized spacial score (nSPS) is 10.5. The Morgan fingerprint density at radius 2 is 1.67 bits per heavy atom. The number of nitrogens with zero attached hydrogens (tertiary/aromatic N) is 3. The lowest BCUT2D eigenvalue weighted by molar-refractivity contribution is 0.252. The highest BCUT2D eigenvalue weighted by Gasteiger charge is 2.05. The molecule has 0 unspecified atom stereocenters. The van der Waals surface area contributed by atoms with Crippen LogP contribution in [0.1, 0.15) is 17.0 Å². The van der Waals surface area contributed by atoms with Gasteiger partial charge in [0.2, 0.25) is 0 Å². The van der Waals surface area contributed by atoms with Crippen LogP contribution >= 0.6 is 0 Å². The number of amides is 2. The molecule has 7 nitrogen and oxygen atoms in total. The fourth-order valence-corrected chi connectivity index (χ4v) is 2.85. The van der Waals surface area contributed by atoms with Crippen LogP contribution in [-0.2, 0) is 0 Å². The highest BCUT2D eigenvalue weighted by molar-refractivity contribution is 5.89. The Kier molecular flexibility index (Phi) is 5.71. The van der Waals surface area contributed by atoms with Gasteiger partial charge in [0.15, 0.2) is 0 Å². The summed E-state index contributed by atoms with van der Waals surface area (Å²) in [6.45, 7) is 6.89. The Morgan fingerprint density at radius 3 is 2.37 bits per heavy atom. The molecule has 0 saturated carbocycles. The molecule has 3 N–H and O–H groups in total. The zero-order valence-electron chi connectivity index (χ0n) is 15.8. The number of hydrogen-bond donors (Lipinski definition) is 3. The van der Waals surface area contributed by atoms with Gasteiger partial charge in [0.05, 0.1) is 0 Å². The van der Waals surface area contributed by atoms with Gasteiger partial charge in [-0.3, -0.25) is 0 Å². The molecule has 3 aromatic rings. The molecule has 0 atom stereocenters. The zero-order chi connectivity index (χ0) is 19.2. The average Bonchev–Trinajstić information content (AvgIpc) is 3.12. The van der Waals surface area contributed by atoms with E-state index in [1.807, 2.05) is 68.1 Å². The van der Waals surface area contributed by atoms with Crippen LogP contribution in [0.5, 0.6) is 0 Å². The number of benzene rings is 1. The van der Waals surface area contributed by atoms with E-state index in [0.717, 1.165) is 28.5 Å². The van der Waals surface area contributed by atoms with E-state index in [1.54, 1.807) is 0 Å². The molecule has 0 spiro atoms. The lowest BCUT2D eigenvalue weighted by atomic mass is 10.1. The first-order valence-corrected chi connectivity index (χ1v) is 8.86. The maximum atomic E-state index is 12.0. The summed E-state index contributed by atoms with van der Waals surface area (Å²) in [6, 6.07) is 11.5. The maximum Gasteiger partial charge on any atom is 0.319 e. The monoisotopic (exact) mass is 364 g/mol. The van der Waals surface area contributed by atoms with Crippen LogP contribution in [0.2, 0.25) is 0 Å². The summed E-state index contributed by atoms with van der Waals surface area (Å²) < 4.78 is 1.93. The highest BCUT2D eigenvalue weighted by atomic mass is 16.2. The first-order valence-electron chi connectivity index (χ1n) is 8.86. The fourth-order valence-electron chi connectivity index (χ4n) is 2.85. The maximum absolute atomic E-state index is 12.0. The third-order valence-electron chi connectivity index (χ3n) is 3.89. The smallest absolute Gasteiger partial charge is 0.319 e. The van der Waals surface area contributed by atoms with Crippen molar-refractivity contribution < 1.29 is 4.79 Å². The first kappa shape index (κ1) is 18.4. The molecule has 0 bridgehead atoms. The molecule has 0 aliphatic rings. The summed E-state index contributed by atoms with van der Waals surface area (Å²) >= 11 is 0. The molecule has 0 radical (unpaired) electrons. The van der Waals surface area contributed by atoms with Crippen LogP contribution in [-0.4, -0.2) is 33.7 Å². The van der Waals surface area contributed by atoms with Crippen molar-refractivity contribution in [3.8, 4) is 5.82 Å². The van der Waals surface area contributed by atoms with E-state index in [1.165, 1.54) is 0 Å². The largest absolute Gasteiger partial charge is 0.368 e. The van der Waals surface area contributed by atoms with Crippen LogP contribution in [0.25, 0.3) is 5.82 Å². The number of rotatable bonds is 6. The summed E-state index contributed by atoms with van der Waals surface area (Å²) in [4.78, 5) is 20.8. The standard InChI is InChI=1S/C20H24N6O/c1-14-10-15(2)12-17(11-14)25-20(27)22-7-6-21-18-13-19(24-16(3)23-18)26-8-4-5-9-26/h4-5,8-13H,6-7H2,1-3H3,(H,21,23,24)(H2,22,25,27). The Bertz CT molecular complexity index is 900. The summed E-state index contributed by atoms with van der Waals surface area (Å²) in [6.07, 6.45) is 3.87. The minimum atomic E-state index is -0.228. The molecule has 0 saturated heterocycles. The van der Waals surface area contributed by atoms with Gasteiger partial charge in [0.1, 0.15) is 17.5 Å². The van der Waals surface area contributed by atoms with Crippen LogP contribution in [0.15, 0.2) is 48.8 Å². The second kappa shape index (κ2) is 8.35. The number of carbonyl (C=O) groups excluding carboxylic acids is 1. The van der Waals surface area contributed by atoms with Crippen LogP contribution in [0.4, 0.5) is 16.3 Å². The Balaban J connectivity index is 1.49. The van der Waals surface area contributed by atoms with Gasteiger partial charge < -0.3 is 20.5 Å². The molecular weight excluding hydrogens is 340 g/mol. The molecule has 27 heavy (non-hydrogen) atoms. The van der Waals surface area contributed by atoms with E-state index >= 15 is 0 Å². The molecule has 2 heterocycles. The summed E-state index contributed by atoms with van der Waals surface area (Å²) in [5.74, 6) is 2.21. The van der Waals surface area contributed by atoms with Crippen molar-refractivity contribution in [1.82, 2.24) is 19.9 Å². The van der Waals surface area contributed by atoms with Gasteiger partial charge in [-0.05, 0) is 56.2 Å². The van der Waals surface area contributed by atoms with E-state index in [-0.39, 0.29) is 6.03 Å². The minimum Gasteiger partial charge on any atom is -0.368 e. The quantitative estimate of drug-likeness (QED) is 0.585. The van der Waals surface area contributed by atoms with Crippen LogP contribution in [0.3, 0.4) is 0 Å². The van der Waals surface area contributed by atoms with E-state index in [4.69, 9.17) is 0 Å². The second-order valence-corrected chi connectivity index (χ2v) is 6.43. The fraction of sp³-hybridized carbons (Fsp3) is 0.250. The summed E-state index contributed by atoms with van der Waals surface area (Å²) in [5, 5.41) is 8.91. The molecular formula is C20H24N6O. The van der Waals surface area contributed by atoms with Crippen LogP contribution < -0.4 is 16.0 Å². The van der Waals surface area contributed by atoms with Crippen LogP contribution in [0, 0.1) is 20.8 Å². The van der Waals surface area contributed by atoms with Gasteiger partial charge in [-0.1, -0.05) is 6.07 Å². The Hall–Kier alpha value is -3.35. The Morgan fingerprint density at radius 1 is 0.963 bits per heavy atom. The SMILES string of the molecule is Cc1cc(C)cc(NC(=O)NCCNc2cc(-n3cccc3)nc(C)n2)c1. The zero-order valence-corrected chi connectivity index (χ0v) is 15.8. The predicted molar refractivity (Wildman–Crippen MR) is 108 cm³/mol. The van der Waals surface area contributed by atoms with Crippen molar-refractivity contribution in [1.29, 1.82) is 0 Å². The lowest BCUT2D eigenvalue weighted by Crippen LogP contribution is -2.32. The van der Waals surface area contributed by atoms with Crippen molar-refractivity contribution >= 4 is 17.5 Å². The predicted octanol–water partition coefficient (Wildman–Crippen LogP) is 3.43. The van der Waals surface area contributed by atoms with Crippen molar-refractivity contribution in [2.45, 2.75) is 20.8 Å². The highest BCUT2D eigenvalue weighted by Crippen LogP contribution is 2.13. The second-order valence-electron chi connectivity index (χ2n) is 6.43. The number of anilines is 2. The lowest BCUT2D eigenvalue weighted by Gasteiger charge is -2.11. The number of hydrogen-bond acceptors (Lipinski definition) is 4. The van der Waals surface area contributed by atoms with Gasteiger partial charge in [-0.15, -0.1) is 0 Å². The molecule has 2 aromatic heterocycles. The topological polar surface area (TPSA) is 83.9 Å². The molecule has 0 fully saturated rings. The molecule has 140 valence electrons. The number of carbonyl (C=O) groups is 1. The molecule has 0 aliphatic carbocycles. The number of urea groups is 1. The summed E-state index contributed by atoms with van der Waals surface area (Å²) in [5.41, 5.74) is 3.02. The number of aryl methyl sites for hydroxylation is 3. The van der Waals surface area contributed by atoms with Gasteiger partial charge in [0, 0.05) is 37.2 Å². The molecule has 3 rings (SSSR count). The number of aromatic nitrogens is 3. The van der Waals surface area contributed by atoms with Crippen molar-refractivity contribution in [3.63, 3.8) is 0 Å². The first-order chi connectivity index (χ1) is 13.0. The minimum absolute atomic E-state index is 0.228. The average molecular weight is 364 g/mol. The van der Waals surface area contributed by atoms with E-state index in [0.29, 0.717) is 18.9 Å². The van der Waals surface area contributed by atoms with Gasteiger partial charge in [0.25, 0.3) is 0 Å².